The highest BCUT2D eigenvalue weighted by atomic mass is 16.1. The zero-order valence-electron chi connectivity index (χ0n) is 7.50. The molecule has 0 amide bonds. The fraction of sp³-hybridized carbons (Fsp3) is 0.273. The van der Waals surface area contributed by atoms with Crippen LogP contribution in [-0.4, -0.2) is 11.5 Å². The Morgan fingerprint density at radius 3 is 2.46 bits per heavy atom. The molecule has 1 atom stereocenters. The molecule has 2 heteroatoms. The number of Topliss-reactive ketones (excluding diaryl/α,β-unsaturated/α-hetero) is 1. The Labute approximate surface area is 77.1 Å². The van der Waals surface area contributed by atoms with E-state index in [1.807, 2.05) is 31.2 Å². The van der Waals surface area contributed by atoms with Gasteiger partial charge in [0.25, 0.3) is 0 Å². The summed E-state index contributed by atoms with van der Waals surface area (Å²) in [5.74, 6) is -0.0829. The van der Waals surface area contributed by atoms with Crippen molar-refractivity contribution in [3.05, 3.63) is 35.4 Å². The average molecular weight is 173 g/mol. The van der Waals surface area contributed by atoms with E-state index in [0.29, 0.717) is 5.71 Å². The molecule has 0 heterocycles. The Bertz CT molecular complexity index is 346. The number of nitrogens with one attached hydrogen (secondary N) is 1. The highest BCUT2D eigenvalue weighted by molar-refractivity contribution is 6.27. The predicted octanol–water partition coefficient (Wildman–Crippen LogP) is 2.28. The Morgan fingerprint density at radius 1 is 1.31 bits per heavy atom. The molecule has 66 valence electrons. The van der Waals surface area contributed by atoms with Gasteiger partial charge < -0.3 is 5.41 Å². The van der Waals surface area contributed by atoms with Crippen molar-refractivity contribution in [3.8, 4) is 0 Å². The van der Waals surface area contributed by atoms with Gasteiger partial charge in [0.2, 0.25) is 0 Å². The minimum Gasteiger partial charge on any atom is -0.304 e. The van der Waals surface area contributed by atoms with Crippen LogP contribution in [0.25, 0.3) is 0 Å². The number of benzene rings is 1. The first-order valence-corrected chi connectivity index (χ1v) is 4.47. The minimum atomic E-state index is -0.197. The van der Waals surface area contributed by atoms with E-state index in [9.17, 15) is 4.79 Å². The number of hydrogen-bond acceptors (Lipinski definition) is 2. The Hall–Kier alpha value is -1.44. The summed E-state index contributed by atoms with van der Waals surface area (Å²) >= 11 is 0. The van der Waals surface area contributed by atoms with Gasteiger partial charge in [0.05, 0.1) is 11.6 Å². The van der Waals surface area contributed by atoms with Crippen LogP contribution in [0.4, 0.5) is 0 Å². The van der Waals surface area contributed by atoms with E-state index in [1.165, 1.54) is 0 Å². The molecule has 1 aromatic carbocycles. The molecule has 1 aromatic rings. The third-order valence-electron chi connectivity index (χ3n) is 2.56. The van der Waals surface area contributed by atoms with Crippen LogP contribution in [0.1, 0.15) is 29.3 Å². The second kappa shape index (κ2) is 2.80. The molecule has 1 aliphatic rings. The van der Waals surface area contributed by atoms with Crippen molar-refractivity contribution in [2.75, 3.05) is 0 Å². The summed E-state index contributed by atoms with van der Waals surface area (Å²) in [5, 5.41) is 7.80. The molecular formula is C11H11NO. The van der Waals surface area contributed by atoms with Crippen molar-refractivity contribution in [3.63, 3.8) is 0 Å². The van der Waals surface area contributed by atoms with Crippen LogP contribution in [0.15, 0.2) is 24.3 Å². The van der Waals surface area contributed by atoms with E-state index >= 15 is 0 Å². The van der Waals surface area contributed by atoms with Gasteiger partial charge in [-0.3, -0.25) is 4.79 Å². The summed E-state index contributed by atoms with van der Waals surface area (Å²) in [5.41, 5.74) is 2.03. The summed E-state index contributed by atoms with van der Waals surface area (Å²) in [6.07, 6.45) is 0.729. The van der Waals surface area contributed by atoms with Gasteiger partial charge in [0.15, 0.2) is 5.78 Å². The van der Waals surface area contributed by atoms with Crippen LogP contribution in [0.5, 0.6) is 0 Å². The van der Waals surface area contributed by atoms with E-state index in [2.05, 4.69) is 0 Å². The van der Waals surface area contributed by atoms with Crippen molar-refractivity contribution in [1.29, 1.82) is 5.41 Å². The first-order chi connectivity index (χ1) is 6.25. The highest BCUT2D eigenvalue weighted by Gasteiger charge is 2.33. The van der Waals surface area contributed by atoms with E-state index in [4.69, 9.17) is 5.41 Å². The lowest BCUT2D eigenvalue weighted by Gasteiger charge is -2.02. The second-order valence-electron chi connectivity index (χ2n) is 3.28. The minimum absolute atomic E-state index is 0.114. The van der Waals surface area contributed by atoms with Gasteiger partial charge >= 0.3 is 0 Å². The first-order valence-electron chi connectivity index (χ1n) is 4.47. The van der Waals surface area contributed by atoms with Crippen molar-refractivity contribution in [2.24, 2.45) is 5.92 Å². The van der Waals surface area contributed by atoms with Crippen LogP contribution >= 0.6 is 0 Å². The lowest BCUT2D eigenvalue weighted by molar-refractivity contribution is 0.0959. The fourth-order valence-electron chi connectivity index (χ4n) is 1.83. The summed E-state index contributed by atoms with van der Waals surface area (Å²) < 4.78 is 0. The molecule has 2 rings (SSSR count). The molecule has 0 aliphatic heterocycles. The summed E-state index contributed by atoms with van der Waals surface area (Å²) in [4.78, 5) is 11.7. The molecule has 1 N–H and O–H groups in total. The Balaban J connectivity index is 2.57. The highest BCUT2D eigenvalue weighted by Crippen LogP contribution is 2.28. The first kappa shape index (κ1) is 8.17. The van der Waals surface area contributed by atoms with Gasteiger partial charge in [-0.05, 0) is 6.42 Å². The Morgan fingerprint density at radius 2 is 1.92 bits per heavy atom. The van der Waals surface area contributed by atoms with Crippen molar-refractivity contribution < 1.29 is 4.79 Å². The molecule has 0 fully saturated rings. The predicted molar refractivity (Wildman–Crippen MR) is 51.4 cm³/mol. The van der Waals surface area contributed by atoms with Crippen LogP contribution in [-0.2, 0) is 0 Å². The molecule has 1 unspecified atom stereocenters. The van der Waals surface area contributed by atoms with Gasteiger partial charge in [-0.2, -0.15) is 0 Å². The molecule has 1 aliphatic carbocycles. The largest absolute Gasteiger partial charge is 0.304 e. The zero-order chi connectivity index (χ0) is 9.42. The summed E-state index contributed by atoms with van der Waals surface area (Å²) in [7, 11) is 0. The third-order valence-corrected chi connectivity index (χ3v) is 2.56. The van der Waals surface area contributed by atoms with Crippen LogP contribution in [0.2, 0.25) is 0 Å². The standard InChI is InChI=1S/C11H11NO/c1-2-7-10(12)8-5-3-4-6-9(8)11(7)13/h3-7,12H,2H2,1H3. The van der Waals surface area contributed by atoms with Gasteiger partial charge in [0.1, 0.15) is 0 Å². The SMILES string of the molecule is CCC1C(=N)c2ccccc2C1=O. The third kappa shape index (κ3) is 1.02. The summed E-state index contributed by atoms with van der Waals surface area (Å²) in [6.45, 7) is 1.95. The van der Waals surface area contributed by atoms with Crippen molar-refractivity contribution in [1.82, 2.24) is 0 Å². The lowest BCUT2D eigenvalue weighted by Crippen LogP contribution is -2.13. The number of carbonyl (C=O) groups excluding carboxylic acids is 1. The van der Waals surface area contributed by atoms with Crippen molar-refractivity contribution >= 4 is 11.5 Å². The molecule has 0 aromatic heterocycles. The number of rotatable bonds is 1. The maximum Gasteiger partial charge on any atom is 0.172 e. The molecular weight excluding hydrogens is 162 g/mol. The van der Waals surface area contributed by atoms with Gasteiger partial charge in [-0.15, -0.1) is 0 Å². The van der Waals surface area contributed by atoms with Crippen LogP contribution in [0.3, 0.4) is 0 Å². The maximum atomic E-state index is 11.7. The molecule has 2 nitrogen and oxygen atoms in total. The quantitative estimate of drug-likeness (QED) is 0.695. The van der Waals surface area contributed by atoms with E-state index in [1.54, 1.807) is 0 Å². The topological polar surface area (TPSA) is 40.9 Å². The molecule has 0 bridgehead atoms. The smallest absolute Gasteiger partial charge is 0.172 e. The van der Waals surface area contributed by atoms with Gasteiger partial charge in [-0.1, -0.05) is 31.2 Å². The summed E-state index contributed by atoms with van der Waals surface area (Å²) in [6, 6.07) is 7.38. The second-order valence-corrected chi connectivity index (χ2v) is 3.28. The molecule has 0 saturated heterocycles. The van der Waals surface area contributed by atoms with E-state index in [0.717, 1.165) is 17.5 Å². The zero-order valence-corrected chi connectivity index (χ0v) is 7.50. The average Bonchev–Trinajstić information content (AvgIpc) is 2.41. The number of ketones is 1. The monoisotopic (exact) mass is 173 g/mol. The number of hydrogen-bond donors (Lipinski definition) is 1. The number of carbonyl (C=O) groups is 1. The van der Waals surface area contributed by atoms with Gasteiger partial charge in [-0.25, -0.2) is 0 Å². The molecule has 0 saturated carbocycles. The lowest BCUT2D eigenvalue weighted by atomic mass is 10.0. The fourth-order valence-corrected chi connectivity index (χ4v) is 1.83. The maximum absolute atomic E-state index is 11.7. The molecule has 0 spiro atoms. The van der Waals surface area contributed by atoms with Crippen LogP contribution in [0, 0.1) is 11.3 Å². The van der Waals surface area contributed by atoms with Crippen molar-refractivity contribution in [2.45, 2.75) is 13.3 Å². The van der Waals surface area contributed by atoms with Gasteiger partial charge in [0, 0.05) is 11.1 Å². The normalized spacial score (nSPS) is 20.5. The molecule has 13 heavy (non-hydrogen) atoms. The molecule has 0 radical (unpaired) electrons. The van der Waals surface area contributed by atoms with E-state index in [-0.39, 0.29) is 11.7 Å². The Kier molecular flexibility index (Phi) is 1.76. The number of fused-ring (bicyclic) bond motifs is 1. The van der Waals surface area contributed by atoms with E-state index < -0.39 is 0 Å². The van der Waals surface area contributed by atoms with Crippen LogP contribution < -0.4 is 0 Å².